The zero-order valence-corrected chi connectivity index (χ0v) is 68.3. The van der Waals surface area contributed by atoms with Gasteiger partial charge in [-0.15, -0.1) is 4.58 Å². The van der Waals surface area contributed by atoms with Crippen molar-refractivity contribution in [1.82, 2.24) is 4.98 Å². The second-order valence-corrected chi connectivity index (χ2v) is 21.4. The number of para-hydroxylation sites is 8. The molecule has 1 aliphatic rings. The Morgan fingerprint density at radius 1 is 0.408 bits per heavy atom. The number of fused-ring (bicyclic) bond motifs is 4. The number of pyridine rings is 1. The first-order valence-corrected chi connectivity index (χ1v) is 40.7. The first-order valence-electron chi connectivity index (χ1n) is 30.0. The second kappa shape index (κ2) is 50.8. The third kappa shape index (κ3) is 28.4. The quantitative estimate of drug-likeness (QED) is 0.0282. The van der Waals surface area contributed by atoms with E-state index in [2.05, 4.69) is 78.2 Å². The summed E-state index contributed by atoms with van der Waals surface area (Å²) in [6, 6.07) is 92.2. The summed E-state index contributed by atoms with van der Waals surface area (Å²) in [6.07, 6.45) is 10.5. The van der Waals surface area contributed by atoms with E-state index in [4.69, 9.17) is 16.3 Å². The van der Waals surface area contributed by atoms with Gasteiger partial charge >= 0.3 is 123 Å². The molecule has 0 radical (unpaired) electrons. The summed E-state index contributed by atoms with van der Waals surface area (Å²) < 4.78 is 7.89. The van der Waals surface area contributed by atoms with E-state index in [-0.39, 0.29) is 52.7 Å². The van der Waals surface area contributed by atoms with Crippen molar-refractivity contribution < 1.29 is 106 Å². The average molecular weight is 1650 g/mol. The Balaban J connectivity index is 0.000000425. The number of ether oxygens (including phenoxy) is 1. The molecule has 14 rings (SSSR count). The number of rotatable bonds is 9. The van der Waals surface area contributed by atoms with Gasteiger partial charge in [-0.2, -0.15) is 0 Å². The molecule has 20 heteroatoms. The average Bonchev–Trinajstić information content (AvgIpc) is 0.762. The zero-order valence-electron chi connectivity index (χ0n) is 57.4. The fourth-order valence-electron chi connectivity index (χ4n) is 9.58. The molecule has 1 aromatic heterocycles. The molecule has 1 aliphatic heterocycles. The van der Waals surface area contributed by atoms with Crippen molar-refractivity contribution >= 4 is 145 Å². The Morgan fingerprint density at radius 3 is 1.38 bits per heavy atom. The van der Waals surface area contributed by atoms with Gasteiger partial charge in [0, 0.05) is 81.7 Å². The third-order valence-electron chi connectivity index (χ3n) is 14.3. The molecule has 518 valence electrons. The molecule has 0 bridgehead atoms. The second-order valence-electron chi connectivity index (χ2n) is 20.7. The van der Waals surface area contributed by atoms with E-state index in [1.54, 1.807) is 73.5 Å². The molecule has 0 aliphatic carbocycles. The molecule has 12 aromatic carbocycles. The number of alkyl halides is 1. The summed E-state index contributed by atoms with van der Waals surface area (Å²) in [5.41, 5.74) is 10.4. The Labute approximate surface area is 676 Å². The molecule has 0 fully saturated rings. The number of aromatic hydroxyl groups is 4. The predicted octanol–water partition coefficient (Wildman–Crippen LogP) is 24.2. The van der Waals surface area contributed by atoms with Gasteiger partial charge in [0.1, 0.15) is 34.3 Å². The van der Waals surface area contributed by atoms with Crippen LogP contribution in [-0.2, 0) is 76.5 Å². The van der Waals surface area contributed by atoms with Crippen LogP contribution in [0.5, 0.6) is 28.7 Å². The van der Waals surface area contributed by atoms with Crippen molar-refractivity contribution in [3.05, 3.63) is 360 Å². The van der Waals surface area contributed by atoms with Crippen LogP contribution in [0.2, 0.25) is 0 Å². The SMILES string of the molecule is CC1(Cl)Oc2ccccc2C=[N+]1c1cccc2cccnc12.Cc1ccccc1N=Cc1ccccc1O.Oc1ccc2ccccc2c1C=Nc1ccccc1.Oc1ccccc1C=Nc1cccc2ccccc12.Oc1ccccc1C=Nc1ccccc1.[CH3-].[CH3-].[CH3-].[CH3-].[Cl][Ti+].[Cl][Ti+].[Cl][Ti+].[Ti+][Br]. The number of phenols is 4. The topological polar surface area (TPSA) is 155 Å². The van der Waals surface area contributed by atoms with Crippen molar-refractivity contribution in [3.8, 4) is 28.7 Å². The van der Waals surface area contributed by atoms with Crippen LogP contribution < -0.4 is 4.74 Å². The van der Waals surface area contributed by atoms with Crippen LogP contribution >= 0.6 is 52.7 Å². The van der Waals surface area contributed by atoms with Crippen LogP contribution in [0.25, 0.3) is 32.4 Å². The normalized spacial score (nSPS) is 11.8. The molecule has 4 N–H and O–H groups in total. The predicted molar refractivity (Wildman–Crippen MR) is 427 cm³/mol. The van der Waals surface area contributed by atoms with Gasteiger partial charge in [0.2, 0.25) is 5.69 Å². The summed E-state index contributed by atoms with van der Waals surface area (Å²) in [5, 5.41) is 43.2. The van der Waals surface area contributed by atoms with E-state index in [9.17, 15) is 20.4 Å². The van der Waals surface area contributed by atoms with Gasteiger partial charge < -0.3 is 54.9 Å². The van der Waals surface area contributed by atoms with E-state index in [1.165, 1.54) is 58.1 Å². The molecular weight excluding hydrogens is 1570 g/mol. The fourth-order valence-corrected chi connectivity index (χ4v) is 9.80. The number of benzene rings is 12. The van der Waals surface area contributed by atoms with E-state index >= 15 is 0 Å². The molecule has 0 amide bonds. The van der Waals surface area contributed by atoms with E-state index in [0.29, 0.717) is 0 Å². The molecule has 103 heavy (non-hydrogen) atoms. The molecule has 0 saturated carbocycles. The van der Waals surface area contributed by atoms with Crippen molar-refractivity contribution in [2.75, 3.05) is 0 Å². The Morgan fingerprint density at radius 2 is 0.816 bits per heavy atom. The van der Waals surface area contributed by atoms with Crippen LogP contribution in [0.3, 0.4) is 0 Å². The van der Waals surface area contributed by atoms with Crippen LogP contribution in [0.15, 0.2) is 317 Å². The first-order chi connectivity index (χ1) is 48.5. The minimum absolute atomic E-state index is 0. The molecule has 0 saturated heterocycles. The van der Waals surface area contributed by atoms with E-state index < -0.39 is 5.18 Å². The van der Waals surface area contributed by atoms with Gasteiger partial charge in [0.15, 0.2) is 6.21 Å². The number of aromatic nitrogens is 1. The van der Waals surface area contributed by atoms with Gasteiger partial charge in [-0.05, 0) is 126 Å². The third-order valence-corrected chi connectivity index (χ3v) is 14.6. The number of aryl methyl sites for hydroxylation is 1. The monoisotopic (exact) mass is 1650 g/mol. The minimum atomic E-state index is -1.000. The molecule has 13 aromatic rings. The summed E-state index contributed by atoms with van der Waals surface area (Å²) in [4.78, 5) is 22.0. The van der Waals surface area contributed by atoms with E-state index in [1.807, 2.05) is 280 Å². The molecule has 1 unspecified atom stereocenters. The van der Waals surface area contributed by atoms with Gasteiger partial charge in [-0.1, -0.05) is 188 Å². The summed E-state index contributed by atoms with van der Waals surface area (Å²) in [7, 11) is 13.9. The molecular formula is C83H76BrCl4N6O5Ti4+. The fraction of sp³-hybridized carbons (Fsp3) is 0.0361. The van der Waals surface area contributed by atoms with Crippen LogP contribution in [0.4, 0.5) is 28.4 Å². The Kier molecular flexibility index (Phi) is 45.1. The number of phenolic OH excluding ortho intramolecular Hbond substituents is 4. The zero-order chi connectivity index (χ0) is 71.2. The number of hydrogen-bond acceptors (Lipinski definition) is 10. The molecule has 0 spiro atoms. The summed E-state index contributed by atoms with van der Waals surface area (Å²) in [6.45, 7) is 3.85. The first kappa shape index (κ1) is 91.5. The van der Waals surface area contributed by atoms with Gasteiger partial charge in [-0.3, -0.25) is 20.0 Å². The maximum atomic E-state index is 10.00. The Hall–Kier alpha value is -7.58. The van der Waals surface area contributed by atoms with Crippen molar-refractivity contribution in [2.24, 2.45) is 20.0 Å². The van der Waals surface area contributed by atoms with Crippen LogP contribution in [-0.4, -0.2) is 66.2 Å². The van der Waals surface area contributed by atoms with Gasteiger partial charge in [-0.25, -0.2) is 4.98 Å². The number of halogens is 5. The van der Waals surface area contributed by atoms with Crippen LogP contribution in [0, 0.1) is 36.6 Å². The number of nitrogens with zero attached hydrogens (tertiary/aromatic N) is 6. The van der Waals surface area contributed by atoms with E-state index in [0.717, 1.165) is 100 Å². The Bertz CT molecular complexity index is 4730. The number of hydrogen-bond donors (Lipinski definition) is 4. The summed E-state index contributed by atoms with van der Waals surface area (Å²) >= 11 is 15.8. The van der Waals surface area contributed by atoms with Crippen molar-refractivity contribution in [3.63, 3.8) is 0 Å². The van der Waals surface area contributed by atoms with Gasteiger partial charge in [0.25, 0.3) is 0 Å². The summed E-state index contributed by atoms with van der Waals surface area (Å²) in [5.74, 6) is 1.77. The molecule has 1 atom stereocenters. The van der Waals surface area contributed by atoms with Crippen molar-refractivity contribution in [1.29, 1.82) is 0 Å². The van der Waals surface area contributed by atoms with Gasteiger partial charge in [0.05, 0.1) is 35.2 Å². The van der Waals surface area contributed by atoms with Crippen LogP contribution in [0.1, 0.15) is 40.3 Å². The number of aliphatic imine (C=N–C) groups is 4. The standard InChI is InChI=1S/C18H14ClN2O.2C17H13NO.C14H13NO.C13H11NO.4CH3.BrH.3ClH.4Ti/c1-18(19)21(12-14-6-2-3-10-16(14)22-18)15-9-4-7-13-8-5-11-20-17(13)15;19-17-11-4-2-7-14(17)12-18-16-10-5-8-13-6-1-3-9-15(13)16;19-17-11-10-13-6-4-5-9-15(13)16(17)12-18-14-7-2-1-3-8-14;1-11-6-2-4-8-13(11)15-10-12-7-3-5-9-14(12)16;15-13-9-5-4-6-11(13)10-14-12-7-2-1-3-8-12;;;;;;;;;;;;/h2-12H,1H3;2*1-12,19H;2-10,16H,1H3;1-10,15H;4*1H3;4*1H;;;;/q+1;;;;;4*-1;;;;;4*+2/p-4. The van der Waals surface area contributed by atoms with Crippen molar-refractivity contribution in [2.45, 2.75) is 19.0 Å². The molecule has 2 heterocycles. The molecule has 11 nitrogen and oxygen atoms in total. The maximum absolute atomic E-state index is 10.00.